The first-order valence-electron chi connectivity index (χ1n) is 5.25. The summed E-state index contributed by atoms with van der Waals surface area (Å²) in [5.41, 5.74) is 0.0713. The Morgan fingerprint density at radius 3 is 2.56 bits per heavy atom. The van der Waals surface area contributed by atoms with Crippen molar-refractivity contribution in [1.29, 1.82) is 0 Å². The van der Waals surface area contributed by atoms with Gasteiger partial charge in [0.1, 0.15) is 0 Å². The van der Waals surface area contributed by atoms with Crippen LogP contribution in [0.4, 0.5) is 13.2 Å². The highest BCUT2D eigenvalue weighted by Crippen LogP contribution is 2.50. The molecule has 0 unspecified atom stereocenters. The summed E-state index contributed by atoms with van der Waals surface area (Å²) < 4.78 is 37.4. The van der Waals surface area contributed by atoms with Gasteiger partial charge in [-0.25, -0.2) is 0 Å². The average Bonchev–Trinajstić information content (AvgIpc) is 2.96. The first-order valence-corrected chi connectivity index (χ1v) is 5.25. The van der Waals surface area contributed by atoms with Crippen molar-refractivity contribution >= 4 is 0 Å². The zero-order valence-corrected chi connectivity index (χ0v) is 8.83. The van der Waals surface area contributed by atoms with Crippen LogP contribution in [-0.4, -0.2) is 11.2 Å². The van der Waals surface area contributed by atoms with Gasteiger partial charge in [-0.1, -0.05) is 18.2 Å². The molecule has 1 saturated carbocycles. The molecule has 0 heterocycles. The smallest absolute Gasteiger partial charge is 0.393 e. The third-order valence-electron chi connectivity index (χ3n) is 3.10. The summed E-state index contributed by atoms with van der Waals surface area (Å²) in [6.07, 6.45) is -3.95. The fraction of sp³-hybridized carbons (Fsp3) is 0.500. The van der Waals surface area contributed by atoms with Gasteiger partial charge >= 0.3 is 6.18 Å². The first-order chi connectivity index (χ1) is 7.39. The Bertz CT molecular complexity index is 384. The molecular weight excluding hydrogens is 217 g/mol. The van der Waals surface area contributed by atoms with E-state index >= 15 is 0 Å². The van der Waals surface area contributed by atoms with Crippen molar-refractivity contribution in [1.82, 2.24) is 0 Å². The largest absolute Gasteiger partial charge is 0.416 e. The normalized spacial score (nSPS) is 26.6. The molecule has 0 spiro atoms. The lowest BCUT2D eigenvalue weighted by atomic mass is 10.0. The third kappa shape index (κ3) is 2.21. The van der Waals surface area contributed by atoms with Crippen LogP contribution in [0, 0.1) is 5.92 Å². The molecule has 1 aromatic carbocycles. The molecule has 1 fully saturated rings. The Hall–Kier alpha value is -1.03. The van der Waals surface area contributed by atoms with E-state index in [-0.39, 0.29) is 11.8 Å². The fourth-order valence-electron chi connectivity index (χ4n) is 2.08. The zero-order chi connectivity index (χ0) is 11.9. The highest BCUT2D eigenvalue weighted by Gasteiger charge is 2.42. The number of aliphatic hydroxyl groups excluding tert-OH is 1. The second kappa shape index (κ2) is 3.77. The second-order valence-electron chi connectivity index (χ2n) is 4.37. The highest BCUT2D eigenvalue weighted by molar-refractivity contribution is 5.32. The van der Waals surface area contributed by atoms with Crippen LogP contribution in [-0.2, 0) is 6.18 Å². The molecular formula is C12H13F3O. The number of halogens is 3. The van der Waals surface area contributed by atoms with Crippen molar-refractivity contribution in [2.24, 2.45) is 5.92 Å². The van der Waals surface area contributed by atoms with Gasteiger partial charge in [0.05, 0.1) is 11.7 Å². The Balaban J connectivity index is 2.19. The molecule has 2 rings (SSSR count). The first kappa shape index (κ1) is 11.5. The average molecular weight is 230 g/mol. The standard InChI is InChI=1S/C12H13F3O/c1-7(16)10-6-11(10)8-3-2-4-9(5-8)12(13,14)15/h2-5,7,10-11,16H,6H2,1H3/t7-,10-,11-/m0/s1. The maximum atomic E-state index is 12.5. The maximum absolute atomic E-state index is 12.5. The van der Waals surface area contributed by atoms with Gasteiger partial charge in [0, 0.05) is 0 Å². The van der Waals surface area contributed by atoms with Crippen LogP contribution < -0.4 is 0 Å². The van der Waals surface area contributed by atoms with Crippen LogP contribution in [0.15, 0.2) is 24.3 Å². The molecule has 3 atom stereocenters. The molecule has 4 heteroatoms. The highest BCUT2D eigenvalue weighted by atomic mass is 19.4. The number of aliphatic hydroxyl groups is 1. The van der Waals surface area contributed by atoms with Gasteiger partial charge in [0.15, 0.2) is 0 Å². The molecule has 0 radical (unpaired) electrons. The van der Waals surface area contributed by atoms with E-state index in [0.29, 0.717) is 5.56 Å². The summed E-state index contributed by atoms with van der Waals surface area (Å²) >= 11 is 0. The summed E-state index contributed by atoms with van der Waals surface area (Å²) in [5, 5.41) is 9.33. The van der Waals surface area contributed by atoms with Crippen molar-refractivity contribution in [3.63, 3.8) is 0 Å². The number of benzene rings is 1. The van der Waals surface area contributed by atoms with E-state index in [4.69, 9.17) is 0 Å². The van der Waals surface area contributed by atoms with E-state index in [0.717, 1.165) is 12.5 Å². The van der Waals surface area contributed by atoms with Gasteiger partial charge in [-0.05, 0) is 36.8 Å². The molecule has 88 valence electrons. The van der Waals surface area contributed by atoms with Gasteiger partial charge in [0.25, 0.3) is 0 Å². The van der Waals surface area contributed by atoms with Gasteiger partial charge in [-0.3, -0.25) is 0 Å². The molecule has 0 saturated heterocycles. The van der Waals surface area contributed by atoms with Crippen molar-refractivity contribution in [2.75, 3.05) is 0 Å². The summed E-state index contributed by atoms with van der Waals surface area (Å²) in [7, 11) is 0. The fourth-order valence-corrected chi connectivity index (χ4v) is 2.08. The van der Waals surface area contributed by atoms with Crippen LogP contribution in [0.2, 0.25) is 0 Å². The van der Waals surface area contributed by atoms with Crippen molar-refractivity contribution in [3.8, 4) is 0 Å². The van der Waals surface area contributed by atoms with E-state index in [2.05, 4.69) is 0 Å². The molecule has 0 aromatic heterocycles. The van der Waals surface area contributed by atoms with Crippen molar-refractivity contribution in [2.45, 2.75) is 31.5 Å². The van der Waals surface area contributed by atoms with Gasteiger partial charge in [0.2, 0.25) is 0 Å². The molecule has 0 bridgehead atoms. The molecule has 1 aromatic rings. The SMILES string of the molecule is C[C@H](O)[C@@H]1C[C@H]1c1cccc(C(F)(F)F)c1. The summed E-state index contributed by atoms with van der Waals surface area (Å²) in [6, 6.07) is 5.38. The lowest BCUT2D eigenvalue weighted by Crippen LogP contribution is -2.06. The van der Waals surface area contributed by atoms with E-state index in [1.165, 1.54) is 12.1 Å². The number of alkyl halides is 3. The monoisotopic (exact) mass is 230 g/mol. The topological polar surface area (TPSA) is 20.2 Å². The molecule has 1 aliphatic rings. The predicted octanol–water partition coefficient (Wildman–Crippen LogP) is 3.19. The number of rotatable bonds is 2. The predicted molar refractivity (Wildman–Crippen MR) is 54.0 cm³/mol. The summed E-state index contributed by atoms with van der Waals surface area (Å²) in [4.78, 5) is 0. The van der Waals surface area contributed by atoms with Gasteiger partial charge in [-0.2, -0.15) is 13.2 Å². The Kier molecular flexibility index (Phi) is 2.70. The van der Waals surface area contributed by atoms with Crippen molar-refractivity contribution in [3.05, 3.63) is 35.4 Å². The lowest BCUT2D eigenvalue weighted by molar-refractivity contribution is -0.137. The molecule has 1 aliphatic carbocycles. The van der Waals surface area contributed by atoms with Crippen LogP contribution in [0.5, 0.6) is 0 Å². The quantitative estimate of drug-likeness (QED) is 0.827. The summed E-state index contributed by atoms with van der Waals surface area (Å²) in [5.74, 6) is 0.200. The van der Waals surface area contributed by atoms with Gasteiger partial charge < -0.3 is 5.11 Å². The Morgan fingerprint density at radius 1 is 1.38 bits per heavy atom. The molecule has 0 aliphatic heterocycles. The van der Waals surface area contributed by atoms with E-state index in [1.807, 2.05) is 0 Å². The maximum Gasteiger partial charge on any atom is 0.416 e. The van der Waals surface area contributed by atoms with Crippen LogP contribution in [0.25, 0.3) is 0 Å². The van der Waals surface area contributed by atoms with Gasteiger partial charge in [-0.15, -0.1) is 0 Å². The lowest BCUT2D eigenvalue weighted by Gasteiger charge is -2.09. The number of hydrogen-bond acceptors (Lipinski definition) is 1. The molecule has 16 heavy (non-hydrogen) atoms. The second-order valence-corrected chi connectivity index (χ2v) is 4.37. The van der Waals surface area contributed by atoms with E-state index < -0.39 is 17.8 Å². The van der Waals surface area contributed by atoms with E-state index in [1.54, 1.807) is 13.0 Å². The van der Waals surface area contributed by atoms with Crippen LogP contribution in [0.3, 0.4) is 0 Å². The minimum Gasteiger partial charge on any atom is -0.393 e. The molecule has 1 N–H and O–H groups in total. The molecule has 1 nitrogen and oxygen atoms in total. The van der Waals surface area contributed by atoms with E-state index in [9.17, 15) is 18.3 Å². The minimum absolute atomic E-state index is 0.0855. The number of hydrogen-bond donors (Lipinski definition) is 1. The minimum atomic E-state index is -4.29. The summed E-state index contributed by atoms with van der Waals surface area (Å²) in [6.45, 7) is 1.68. The van der Waals surface area contributed by atoms with Crippen LogP contribution >= 0.6 is 0 Å². The van der Waals surface area contributed by atoms with Crippen LogP contribution in [0.1, 0.15) is 30.4 Å². The Labute approximate surface area is 91.9 Å². The van der Waals surface area contributed by atoms with Crippen molar-refractivity contribution < 1.29 is 18.3 Å². The Morgan fingerprint density at radius 2 is 2.06 bits per heavy atom. The molecule has 0 amide bonds. The third-order valence-corrected chi connectivity index (χ3v) is 3.10. The zero-order valence-electron chi connectivity index (χ0n) is 8.83.